The van der Waals surface area contributed by atoms with E-state index in [0.29, 0.717) is 37.4 Å². The second kappa shape index (κ2) is 9.82. The number of hydrogen-bond donors (Lipinski definition) is 1. The fraction of sp³-hybridized carbons (Fsp3) is 0.364. The summed E-state index contributed by atoms with van der Waals surface area (Å²) >= 11 is 0. The molecule has 1 N–H and O–H groups in total. The Labute approximate surface area is 182 Å². The minimum absolute atomic E-state index is 0.0907. The van der Waals surface area contributed by atoms with E-state index in [-0.39, 0.29) is 28.6 Å². The van der Waals surface area contributed by atoms with Gasteiger partial charge in [0.2, 0.25) is 0 Å². The van der Waals surface area contributed by atoms with Crippen LogP contribution in [0.1, 0.15) is 37.0 Å². The summed E-state index contributed by atoms with van der Waals surface area (Å²) in [6, 6.07) is 12.5. The van der Waals surface area contributed by atoms with Crippen molar-refractivity contribution in [3.63, 3.8) is 0 Å². The summed E-state index contributed by atoms with van der Waals surface area (Å²) in [5.74, 6) is -0.0217. The molecule has 0 saturated carbocycles. The van der Waals surface area contributed by atoms with Gasteiger partial charge in [0.05, 0.1) is 18.0 Å². The summed E-state index contributed by atoms with van der Waals surface area (Å²) in [5, 5.41) is 0. The van der Waals surface area contributed by atoms with Crippen molar-refractivity contribution in [2.45, 2.75) is 37.7 Å². The maximum Gasteiger partial charge on any atom is 0.302 e. The normalized spacial score (nSPS) is 16.5. The molecule has 1 fully saturated rings. The lowest BCUT2D eigenvalue weighted by Crippen LogP contribution is -2.43. The first-order valence-electron chi connectivity index (χ1n) is 10.1. The SMILES string of the molecule is CCOc1ccc(S(=O)(=O)Nc2cccc(C(=O)N3CCC[C@H](OC(C)=O)C3)c2)cc1. The van der Waals surface area contributed by atoms with Gasteiger partial charge in [-0.25, -0.2) is 8.42 Å². The molecule has 0 bridgehead atoms. The van der Waals surface area contributed by atoms with Crippen LogP contribution in [-0.4, -0.2) is 51.0 Å². The molecule has 166 valence electrons. The van der Waals surface area contributed by atoms with E-state index in [0.717, 1.165) is 6.42 Å². The quantitative estimate of drug-likeness (QED) is 0.656. The molecule has 1 heterocycles. The number of esters is 1. The molecule has 1 amide bonds. The zero-order valence-electron chi connectivity index (χ0n) is 17.5. The van der Waals surface area contributed by atoms with Gasteiger partial charge in [-0.15, -0.1) is 0 Å². The van der Waals surface area contributed by atoms with Crippen LogP contribution in [0.5, 0.6) is 5.75 Å². The summed E-state index contributed by atoms with van der Waals surface area (Å²) in [4.78, 5) is 25.8. The van der Waals surface area contributed by atoms with Crippen molar-refractivity contribution in [3.05, 3.63) is 54.1 Å². The predicted octanol–water partition coefficient (Wildman–Crippen LogP) is 3.05. The van der Waals surface area contributed by atoms with E-state index >= 15 is 0 Å². The highest BCUT2D eigenvalue weighted by atomic mass is 32.2. The molecule has 3 rings (SSSR count). The van der Waals surface area contributed by atoms with Crippen LogP contribution in [0.4, 0.5) is 5.69 Å². The van der Waals surface area contributed by atoms with Crippen LogP contribution in [0.25, 0.3) is 0 Å². The topological polar surface area (TPSA) is 102 Å². The molecule has 1 aliphatic rings. The molecule has 0 aliphatic carbocycles. The maximum absolute atomic E-state index is 12.9. The molecule has 8 nitrogen and oxygen atoms in total. The van der Waals surface area contributed by atoms with Crippen LogP contribution < -0.4 is 9.46 Å². The minimum atomic E-state index is -3.82. The molecule has 0 unspecified atom stereocenters. The van der Waals surface area contributed by atoms with Crippen molar-refractivity contribution in [1.29, 1.82) is 0 Å². The molecule has 1 saturated heterocycles. The highest BCUT2D eigenvalue weighted by molar-refractivity contribution is 7.92. The Morgan fingerprint density at radius 1 is 1.16 bits per heavy atom. The average molecular weight is 447 g/mol. The Kier molecular flexibility index (Phi) is 7.17. The number of hydrogen-bond acceptors (Lipinski definition) is 6. The number of nitrogens with zero attached hydrogens (tertiary/aromatic N) is 1. The lowest BCUT2D eigenvalue weighted by Gasteiger charge is -2.32. The molecular formula is C22H26N2O6S. The van der Waals surface area contributed by atoms with Crippen LogP contribution in [0.15, 0.2) is 53.4 Å². The second-order valence-corrected chi connectivity index (χ2v) is 8.90. The van der Waals surface area contributed by atoms with Crippen LogP contribution in [0, 0.1) is 0 Å². The summed E-state index contributed by atoms with van der Waals surface area (Å²) in [6.45, 7) is 4.56. The van der Waals surface area contributed by atoms with Crippen molar-refractivity contribution in [2.24, 2.45) is 0 Å². The zero-order chi connectivity index (χ0) is 22.4. The van der Waals surface area contributed by atoms with E-state index in [1.54, 1.807) is 35.2 Å². The minimum Gasteiger partial charge on any atom is -0.494 e. The molecule has 2 aromatic rings. The van der Waals surface area contributed by atoms with Gasteiger partial charge in [0.1, 0.15) is 11.9 Å². The molecular weight excluding hydrogens is 420 g/mol. The number of carbonyl (C=O) groups excluding carboxylic acids is 2. The average Bonchev–Trinajstić information content (AvgIpc) is 2.73. The van der Waals surface area contributed by atoms with Crippen LogP contribution in [0.2, 0.25) is 0 Å². The van der Waals surface area contributed by atoms with Gasteiger partial charge in [-0.05, 0) is 62.2 Å². The number of sulfonamides is 1. The standard InChI is InChI=1S/C22H26N2O6S/c1-3-29-19-9-11-21(12-10-19)31(27,28)23-18-7-4-6-17(14-18)22(26)24-13-5-8-20(15-24)30-16(2)25/h4,6-7,9-12,14,20,23H,3,5,8,13,15H2,1-2H3/t20-/m0/s1. The molecule has 31 heavy (non-hydrogen) atoms. The van der Waals surface area contributed by atoms with Crippen molar-refractivity contribution in [2.75, 3.05) is 24.4 Å². The van der Waals surface area contributed by atoms with Crippen molar-refractivity contribution in [1.82, 2.24) is 4.90 Å². The second-order valence-electron chi connectivity index (χ2n) is 7.22. The summed E-state index contributed by atoms with van der Waals surface area (Å²) in [6.07, 6.45) is 1.12. The van der Waals surface area contributed by atoms with Gasteiger partial charge in [0, 0.05) is 24.7 Å². The summed E-state index contributed by atoms with van der Waals surface area (Å²) in [7, 11) is -3.82. The first-order chi connectivity index (χ1) is 14.8. The largest absolute Gasteiger partial charge is 0.494 e. The van der Waals surface area contributed by atoms with Gasteiger partial charge < -0.3 is 14.4 Å². The van der Waals surface area contributed by atoms with E-state index < -0.39 is 10.0 Å². The fourth-order valence-corrected chi connectivity index (χ4v) is 4.50. The van der Waals surface area contributed by atoms with Crippen LogP contribution in [0.3, 0.4) is 0 Å². The lowest BCUT2D eigenvalue weighted by atomic mass is 10.1. The number of anilines is 1. The molecule has 0 aromatic heterocycles. The lowest BCUT2D eigenvalue weighted by molar-refractivity contribution is -0.148. The fourth-order valence-electron chi connectivity index (χ4n) is 3.45. The van der Waals surface area contributed by atoms with Gasteiger partial charge in [-0.3, -0.25) is 14.3 Å². The number of nitrogens with one attached hydrogen (secondary N) is 1. The van der Waals surface area contributed by atoms with Crippen molar-refractivity contribution >= 4 is 27.6 Å². The van der Waals surface area contributed by atoms with E-state index in [1.165, 1.54) is 25.1 Å². The van der Waals surface area contributed by atoms with E-state index in [1.807, 2.05) is 6.92 Å². The first kappa shape index (κ1) is 22.6. The predicted molar refractivity (Wildman–Crippen MR) is 116 cm³/mol. The Hall–Kier alpha value is -3.07. The Morgan fingerprint density at radius 2 is 1.90 bits per heavy atom. The van der Waals surface area contributed by atoms with E-state index in [2.05, 4.69) is 4.72 Å². The number of carbonyl (C=O) groups is 2. The van der Waals surface area contributed by atoms with Gasteiger partial charge >= 0.3 is 5.97 Å². The summed E-state index contributed by atoms with van der Waals surface area (Å²) in [5.41, 5.74) is 0.642. The maximum atomic E-state index is 12.9. The Morgan fingerprint density at radius 3 is 2.58 bits per heavy atom. The highest BCUT2D eigenvalue weighted by Gasteiger charge is 2.26. The third-order valence-corrected chi connectivity index (χ3v) is 6.20. The van der Waals surface area contributed by atoms with E-state index in [4.69, 9.17) is 9.47 Å². The van der Waals surface area contributed by atoms with Gasteiger partial charge in [-0.1, -0.05) is 6.07 Å². The van der Waals surface area contributed by atoms with Gasteiger partial charge in [0.15, 0.2) is 0 Å². The highest BCUT2D eigenvalue weighted by Crippen LogP contribution is 2.22. The van der Waals surface area contributed by atoms with E-state index in [9.17, 15) is 18.0 Å². The first-order valence-corrected chi connectivity index (χ1v) is 11.6. The smallest absolute Gasteiger partial charge is 0.302 e. The van der Waals surface area contributed by atoms with Gasteiger partial charge in [0.25, 0.3) is 15.9 Å². The molecule has 1 atom stereocenters. The molecule has 0 radical (unpaired) electrons. The Balaban J connectivity index is 1.72. The van der Waals surface area contributed by atoms with Gasteiger partial charge in [-0.2, -0.15) is 0 Å². The number of ether oxygens (including phenoxy) is 2. The number of rotatable bonds is 7. The molecule has 0 spiro atoms. The molecule has 2 aromatic carbocycles. The number of likely N-dealkylation sites (tertiary alicyclic amines) is 1. The number of amides is 1. The third-order valence-electron chi connectivity index (χ3n) is 4.80. The van der Waals surface area contributed by atoms with Crippen molar-refractivity contribution < 1.29 is 27.5 Å². The zero-order valence-corrected chi connectivity index (χ0v) is 18.4. The summed E-state index contributed by atoms with van der Waals surface area (Å²) < 4.78 is 38.5. The van der Waals surface area contributed by atoms with Crippen LogP contribution >= 0.6 is 0 Å². The molecule has 9 heteroatoms. The number of piperidine rings is 1. The monoisotopic (exact) mass is 446 g/mol. The van der Waals surface area contributed by atoms with Crippen LogP contribution in [-0.2, 0) is 19.6 Å². The molecule has 1 aliphatic heterocycles. The third kappa shape index (κ3) is 5.97. The number of benzene rings is 2. The van der Waals surface area contributed by atoms with Crippen molar-refractivity contribution in [3.8, 4) is 5.75 Å². The Bertz CT molecular complexity index is 1040.